The minimum Gasteiger partial charge on any atom is -0.321 e. The number of fused-ring (bicyclic) bond motifs is 3. The molecule has 118 valence electrons. The van der Waals surface area contributed by atoms with Crippen LogP contribution in [0.5, 0.6) is 0 Å². The van der Waals surface area contributed by atoms with Crippen molar-refractivity contribution in [2.75, 3.05) is 5.32 Å². The van der Waals surface area contributed by atoms with Crippen LogP contribution in [0.25, 0.3) is 21.0 Å². The monoisotopic (exact) mass is 335 g/mol. The van der Waals surface area contributed by atoms with E-state index in [0.29, 0.717) is 16.1 Å². The predicted octanol–water partition coefficient (Wildman–Crippen LogP) is 3.70. The molecule has 4 rings (SSSR count). The number of nitrogens with zero attached hydrogens (tertiary/aromatic N) is 1. The van der Waals surface area contributed by atoms with E-state index in [2.05, 4.69) is 15.3 Å². The van der Waals surface area contributed by atoms with Gasteiger partial charge in [-0.2, -0.15) is 0 Å². The van der Waals surface area contributed by atoms with Crippen LogP contribution >= 0.6 is 11.3 Å². The number of pyridine rings is 2. The molecule has 6 heteroatoms. The molecule has 0 fully saturated rings. The van der Waals surface area contributed by atoms with Crippen molar-refractivity contribution in [3.05, 3.63) is 69.5 Å². The second kappa shape index (κ2) is 5.58. The molecule has 3 aromatic heterocycles. The SMILES string of the molecule is Cc1ccc(NC(=O)c2cc3c(=O)[nH]c4ccccc4c3s2)nc1. The van der Waals surface area contributed by atoms with Crippen molar-refractivity contribution in [2.45, 2.75) is 6.92 Å². The number of benzene rings is 1. The summed E-state index contributed by atoms with van der Waals surface area (Å²) in [5.41, 5.74) is 1.60. The second-order valence-corrected chi connectivity index (χ2v) is 6.58. The average molecular weight is 335 g/mol. The summed E-state index contributed by atoms with van der Waals surface area (Å²) in [6.45, 7) is 1.93. The molecular formula is C18H13N3O2S. The van der Waals surface area contributed by atoms with Crippen molar-refractivity contribution in [2.24, 2.45) is 0 Å². The van der Waals surface area contributed by atoms with Crippen LogP contribution in [-0.4, -0.2) is 15.9 Å². The predicted molar refractivity (Wildman–Crippen MR) is 96.9 cm³/mol. The highest BCUT2D eigenvalue weighted by Crippen LogP contribution is 2.29. The molecule has 0 aliphatic rings. The quantitative estimate of drug-likeness (QED) is 0.586. The Morgan fingerprint density at radius 1 is 1.17 bits per heavy atom. The lowest BCUT2D eigenvalue weighted by Crippen LogP contribution is -2.11. The van der Waals surface area contributed by atoms with Crippen LogP contribution in [0.15, 0.2) is 53.5 Å². The van der Waals surface area contributed by atoms with E-state index in [1.807, 2.05) is 37.3 Å². The molecule has 2 N–H and O–H groups in total. The van der Waals surface area contributed by atoms with Gasteiger partial charge in [-0.25, -0.2) is 4.98 Å². The Morgan fingerprint density at radius 3 is 2.79 bits per heavy atom. The first kappa shape index (κ1) is 14.6. The first-order valence-corrected chi connectivity index (χ1v) is 8.22. The number of aromatic nitrogens is 2. The van der Waals surface area contributed by atoms with Gasteiger partial charge in [0.1, 0.15) is 5.82 Å². The van der Waals surface area contributed by atoms with Crippen LogP contribution in [0.3, 0.4) is 0 Å². The van der Waals surface area contributed by atoms with E-state index in [9.17, 15) is 9.59 Å². The number of aromatic amines is 1. The van der Waals surface area contributed by atoms with E-state index in [1.54, 1.807) is 18.3 Å². The second-order valence-electron chi connectivity index (χ2n) is 5.53. The fraction of sp³-hybridized carbons (Fsp3) is 0.0556. The molecule has 0 saturated heterocycles. The number of thiophene rings is 1. The van der Waals surface area contributed by atoms with Crippen LogP contribution in [0.1, 0.15) is 15.2 Å². The number of carbonyl (C=O) groups excluding carboxylic acids is 1. The van der Waals surface area contributed by atoms with Gasteiger partial charge in [-0.15, -0.1) is 11.3 Å². The van der Waals surface area contributed by atoms with E-state index in [1.165, 1.54) is 11.3 Å². The number of para-hydroxylation sites is 1. The van der Waals surface area contributed by atoms with Crippen LogP contribution in [0, 0.1) is 6.92 Å². The summed E-state index contributed by atoms with van der Waals surface area (Å²) in [6.07, 6.45) is 1.69. The van der Waals surface area contributed by atoms with Crippen molar-refractivity contribution >= 4 is 44.1 Å². The topological polar surface area (TPSA) is 74.8 Å². The Labute approximate surface area is 141 Å². The zero-order valence-corrected chi connectivity index (χ0v) is 13.6. The van der Waals surface area contributed by atoms with E-state index in [4.69, 9.17) is 0 Å². The number of anilines is 1. The van der Waals surface area contributed by atoms with Crippen LogP contribution < -0.4 is 10.9 Å². The standard InChI is InChI=1S/C18H13N3O2S/c1-10-6-7-15(19-9-10)21-18(23)14-8-12-16(24-14)11-4-2-3-5-13(11)20-17(12)22/h2-9H,1H3,(H,20,22)(H,19,21,23). The smallest absolute Gasteiger partial charge is 0.266 e. The van der Waals surface area contributed by atoms with Crippen molar-refractivity contribution in [1.29, 1.82) is 0 Å². The van der Waals surface area contributed by atoms with Crippen LogP contribution in [0.2, 0.25) is 0 Å². The van der Waals surface area contributed by atoms with Gasteiger partial charge in [-0.05, 0) is 30.7 Å². The number of carbonyl (C=O) groups is 1. The summed E-state index contributed by atoms with van der Waals surface area (Å²) in [5.74, 6) is 0.220. The summed E-state index contributed by atoms with van der Waals surface area (Å²) >= 11 is 1.31. The maximum atomic E-state index is 12.5. The van der Waals surface area contributed by atoms with Gasteiger partial charge in [0.2, 0.25) is 0 Å². The zero-order chi connectivity index (χ0) is 16.7. The molecule has 0 aliphatic heterocycles. The van der Waals surface area contributed by atoms with Crippen molar-refractivity contribution in [1.82, 2.24) is 9.97 Å². The average Bonchev–Trinajstić information content (AvgIpc) is 3.03. The molecule has 1 aromatic carbocycles. The third kappa shape index (κ3) is 2.47. The van der Waals surface area contributed by atoms with E-state index in [0.717, 1.165) is 21.2 Å². The van der Waals surface area contributed by atoms with Gasteiger partial charge in [-0.1, -0.05) is 24.3 Å². The molecule has 0 saturated carbocycles. The molecule has 0 radical (unpaired) electrons. The van der Waals surface area contributed by atoms with Crippen molar-refractivity contribution in [3.63, 3.8) is 0 Å². The number of H-pyrrole nitrogens is 1. The number of nitrogens with one attached hydrogen (secondary N) is 2. The number of hydrogen-bond acceptors (Lipinski definition) is 4. The Bertz CT molecular complexity index is 1130. The molecule has 0 unspecified atom stereocenters. The summed E-state index contributed by atoms with van der Waals surface area (Å²) in [6, 6.07) is 12.8. The largest absolute Gasteiger partial charge is 0.321 e. The van der Waals surface area contributed by atoms with E-state index in [-0.39, 0.29) is 11.5 Å². The maximum absolute atomic E-state index is 12.5. The van der Waals surface area contributed by atoms with E-state index >= 15 is 0 Å². The van der Waals surface area contributed by atoms with Crippen molar-refractivity contribution in [3.8, 4) is 0 Å². The highest BCUT2D eigenvalue weighted by atomic mass is 32.1. The molecule has 1 amide bonds. The first-order chi connectivity index (χ1) is 11.6. The molecule has 0 spiro atoms. The zero-order valence-electron chi connectivity index (χ0n) is 12.8. The summed E-state index contributed by atoms with van der Waals surface area (Å²) in [7, 11) is 0. The fourth-order valence-corrected chi connectivity index (χ4v) is 3.66. The van der Waals surface area contributed by atoms with Gasteiger partial charge in [0.05, 0.1) is 10.3 Å². The lowest BCUT2D eigenvalue weighted by atomic mass is 10.2. The third-order valence-corrected chi connectivity index (χ3v) is 4.94. The third-order valence-electron chi connectivity index (χ3n) is 3.77. The van der Waals surface area contributed by atoms with Gasteiger partial charge in [0, 0.05) is 21.8 Å². The molecule has 3 heterocycles. The molecule has 4 aromatic rings. The van der Waals surface area contributed by atoms with Gasteiger partial charge < -0.3 is 10.3 Å². The minimum atomic E-state index is -0.268. The molecule has 5 nitrogen and oxygen atoms in total. The van der Waals surface area contributed by atoms with Gasteiger partial charge in [0.25, 0.3) is 11.5 Å². The van der Waals surface area contributed by atoms with E-state index < -0.39 is 0 Å². The Morgan fingerprint density at radius 2 is 2.00 bits per heavy atom. The van der Waals surface area contributed by atoms with Crippen LogP contribution in [-0.2, 0) is 0 Å². The first-order valence-electron chi connectivity index (χ1n) is 7.40. The summed E-state index contributed by atoms with van der Waals surface area (Å²) in [5, 5.41) is 4.23. The number of rotatable bonds is 2. The van der Waals surface area contributed by atoms with Gasteiger partial charge >= 0.3 is 0 Å². The number of amides is 1. The Balaban J connectivity index is 1.78. The van der Waals surface area contributed by atoms with Gasteiger partial charge in [-0.3, -0.25) is 9.59 Å². The Kier molecular flexibility index (Phi) is 3.39. The van der Waals surface area contributed by atoms with Crippen LogP contribution in [0.4, 0.5) is 5.82 Å². The fourth-order valence-electron chi connectivity index (χ4n) is 2.57. The molecule has 0 atom stereocenters. The normalized spacial score (nSPS) is 11.0. The van der Waals surface area contributed by atoms with Crippen molar-refractivity contribution < 1.29 is 4.79 Å². The molecule has 0 aliphatic carbocycles. The Hall–Kier alpha value is -2.99. The highest BCUT2D eigenvalue weighted by molar-refractivity contribution is 7.21. The maximum Gasteiger partial charge on any atom is 0.266 e. The highest BCUT2D eigenvalue weighted by Gasteiger charge is 2.15. The lowest BCUT2D eigenvalue weighted by Gasteiger charge is -2.02. The number of aryl methyl sites for hydroxylation is 1. The number of hydrogen-bond donors (Lipinski definition) is 2. The molecular weight excluding hydrogens is 322 g/mol. The molecule has 0 bridgehead atoms. The minimum absolute atomic E-state index is 0.188. The summed E-state index contributed by atoms with van der Waals surface area (Å²) in [4.78, 5) is 32.2. The molecule has 24 heavy (non-hydrogen) atoms. The lowest BCUT2D eigenvalue weighted by molar-refractivity contribution is 0.103. The summed E-state index contributed by atoms with van der Waals surface area (Å²) < 4.78 is 0.816. The van der Waals surface area contributed by atoms with Gasteiger partial charge in [0.15, 0.2) is 0 Å².